The maximum atomic E-state index is 13.3. The van der Waals surface area contributed by atoms with Crippen molar-refractivity contribution in [2.24, 2.45) is 5.92 Å². The van der Waals surface area contributed by atoms with Gasteiger partial charge in [-0.05, 0) is 55.7 Å². The van der Waals surface area contributed by atoms with Crippen molar-refractivity contribution in [2.75, 3.05) is 39.5 Å². The van der Waals surface area contributed by atoms with E-state index in [0.29, 0.717) is 44.3 Å². The van der Waals surface area contributed by atoms with Gasteiger partial charge in [-0.1, -0.05) is 36.4 Å². The van der Waals surface area contributed by atoms with Crippen molar-refractivity contribution < 1.29 is 19.1 Å². The summed E-state index contributed by atoms with van der Waals surface area (Å²) in [6, 6.07) is 15.8. The minimum absolute atomic E-state index is 0.00379. The smallest absolute Gasteiger partial charge is 0.251 e. The highest BCUT2D eigenvalue weighted by Crippen LogP contribution is 2.26. The summed E-state index contributed by atoms with van der Waals surface area (Å²) >= 11 is 0. The molecule has 0 spiro atoms. The third kappa shape index (κ3) is 7.80. The number of benzene rings is 2. The third-order valence-electron chi connectivity index (χ3n) is 6.67. The summed E-state index contributed by atoms with van der Waals surface area (Å²) in [7, 11) is 0. The van der Waals surface area contributed by atoms with Gasteiger partial charge in [0.1, 0.15) is 5.75 Å². The average Bonchev–Trinajstić information content (AvgIpc) is 2.89. The van der Waals surface area contributed by atoms with E-state index in [1.807, 2.05) is 36.4 Å². The highest BCUT2D eigenvalue weighted by Gasteiger charge is 2.22. The van der Waals surface area contributed by atoms with E-state index in [2.05, 4.69) is 27.7 Å². The number of nitrogens with zero attached hydrogens (tertiary/aromatic N) is 1. The van der Waals surface area contributed by atoms with Crippen LogP contribution >= 0.6 is 0 Å². The molecule has 188 valence electrons. The van der Waals surface area contributed by atoms with Crippen LogP contribution in [0.1, 0.15) is 53.6 Å². The normalized spacial score (nSPS) is 18.7. The lowest BCUT2D eigenvalue weighted by atomic mass is 9.99. The Kier molecular flexibility index (Phi) is 9.55. The zero-order chi connectivity index (χ0) is 24.3. The van der Waals surface area contributed by atoms with Crippen molar-refractivity contribution in [3.05, 3.63) is 65.2 Å². The van der Waals surface area contributed by atoms with Crippen LogP contribution in [0.15, 0.2) is 48.5 Å². The van der Waals surface area contributed by atoms with E-state index in [1.54, 1.807) is 0 Å². The molecule has 0 atom stereocenters. The Hall–Kier alpha value is -2.90. The maximum absolute atomic E-state index is 13.3. The number of rotatable bonds is 5. The van der Waals surface area contributed by atoms with Crippen LogP contribution in [0.5, 0.6) is 5.75 Å². The molecule has 0 aromatic heterocycles. The van der Waals surface area contributed by atoms with Crippen LogP contribution in [-0.4, -0.2) is 56.2 Å². The molecule has 0 saturated carbocycles. The van der Waals surface area contributed by atoms with Crippen molar-refractivity contribution in [1.29, 1.82) is 0 Å². The molecule has 2 heterocycles. The van der Waals surface area contributed by atoms with Crippen molar-refractivity contribution in [3.8, 4) is 5.75 Å². The van der Waals surface area contributed by atoms with Gasteiger partial charge in [-0.25, -0.2) is 0 Å². The fraction of sp³-hybridized carbons (Fsp3) is 0.500. The van der Waals surface area contributed by atoms with Crippen molar-refractivity contribution in [1.82, 2.24) is 15.5 Å². The summed E-state index contributed by atoms with van der Waals surface area (Å²) in [5.74, 6) is 1.08. The Bertz CT molecular complexity index is 960. The molecule has 2 aliphatic heterocycles. The lowest BCUT2D eigenvalue weighted by molar-refractivity contribution is -0.122. The highest BCUT2D eigenvalue weighted by molar-refractivity contribution is 5.96. The zero-order valence-electron chi connectivity index (χ0n) is 20.5. The topological polar surface area (TPSA) is 79.9 Å². The fourth-order valence-electron chi connectivity index (χ4n) is 4.67. The minimum atomic E-state index is -0.0922. The van der Waals surface area contributed by atoms with E-state index in [4.69, 9.17) is 9.47 Å². The molecule has 2 N–H and O–H groups in total. The van der Waals surface area contributed by atoms with Crippen molar-refractivity contribution >= 4 is 11.8 Å². The monoisotopic (exact) mass is 479 g/mol. The SMILES string of the molecule is O=C1CN(Cc2ccccc2)Cc2c(cccc2C(=O)NCC2CCOCC2)OCCCCCN1. The average molecular weight is 480 g/mol. The molecule has 2 aliphatic rings. The molecule has 35 heavy (non-hydrogen) atoms. The van der Waals surface area contributed by atoms with Gasteiger partial charge in [-0.2, -0.15) is 0 Å². The van der Waals surface area contributed by atoms with Crippen LogP contribution in [0.4, 0.5) is 0 Å². The molecule has 2 amide bonds. The molecule has 0 aliphatic carbocycles. The number of hydrogen-bond acceptors (Lipinski definition) is 5. The highest BCUT2D eigenvalue weighted by atomic mass is 16.5. The van der Waals surface area contributed by atoms with E-state index < -0.39 is 0 Å². The zero-order valence-corrected chi connectivity index (χ0v) is 20.5. The van der Waals surface area contributed by atoms with E-state index in [-0.39, 0.29) is 18.4 Å². The van der Waals surface area contributed by atoms with Gasteiger partial charge in [-0.3, -0.25) is 14.5 Å². The Balaban J connectivity index is 1.58. The van der Waals surface area contributed by atoms with Crippen LogP contribution in [0.3, 0.4) is 0 Å². The van der Waals surface area contributed by atoms with E-state index in [9.17, 15) is 9.59 Å². The molecule has 7 nitrogen and oxygen atoms in total. The van der Waals surface area contributed by atoms with E-state index >= 15 is 0 Å². The first-order valence-electron chi connectivity index (χ1n) is 12.8. The Morgan fingerprint density at radius 2 is 1.80 bits per heavy atom. The number of carbonyl (C=O) groups is 2. The van der Waals surface area contributed by atoms with Gasteiger partial charge in [0.2, 0.25) is 5.91 Å². The molecule has 2 aromatic carbocycles. The summed E-state index contributed by atoms with van der Waals surface area (Å²) in [5.41, 5.74) is 2.57. The molecular formula is C28H37N3O4. The second-order valence-electron chi connectivity index (χ2n) is 9.44. The molecule has 0 unspecified atom stereocenters. The molecule has 1 fully saturated rings. The Morgan fingerprint density at radius 3 is 2.63 bits per heavy atom. The van der Waals surface area contributed by atoms with Crippen LogP contribution in [-0.2, 0) is 22.6 Å². The molecular weight excluding hydrogens is 442 g/mol. The van der Waals surface area contributed by atoms with Crippen LogP contribution in [0, 0.1) is 5.92 Å². The lowest BCUT2D eigenvalue weighted by Crippen LogP contribution is -2.38. The van der Waals surface area contributed by atoms with Gasteiger partial charge >= 0.3 is 0 Å². The minimum Gasteiger partial charge on any atom is -0.493 e. The Morgan fingerprint density at radius 1 is 0.971 bits per heavy atom. The van der Waals surface area contributed by atoms with Crippen LogP contribution in [0.25, 0.3) is 0 Å². The largest absolute Gasteiger partial charge is 0.493 e. The number of ether oxygens (including phenoxy) is 2. The summed E-state index contributed by atoms with van der Waals surface area (Å²) < 4.78 is 11.6. The first kappa shape index (κ1) is 25.2. The first-order valence-corrected chi connectivity index (χ1v) is 12.8. The molecule has 0 bridgehead atoms. The summed E-state index contributed by atoms with van der Waals surface area (Å²) in [5, 5.41) is 6.18. The fourth-order valence-corrected chi connectivity index (χ4v) is 4.67. The number of carbonyl (C=O) groups excluding carboxylic acids is 2. The quantitative estimate of drug-likeness (QED) is 0.686. The number of amides is 2. The van der Waals surface area contributed by atoms with Gasteiger partial charge in [0, 0.05) is 50.5 Å². The van der Waals surface area contributed by atoms with Gasteiger partial charge in [0.15, 0.2) is 0 Å². The van der Waals surface area contributed by atoms with Gasteiger partial charge < -0.3 is 20.1 Å². The van der Waals surface area contributed by atoms with Crippen molar-refractivity contribution in [2.45, 2.75) is 45.2 Å². The number of hydrogen-bond donors (Lipinski definition) is 2. The van der Waals surface area contributed by atoms with Crippen LogP contribution in [0.2, 0.25) is 0 Å². The van der Waals surface area contributed by atoms with Crippen molar-refractivity contribution in [3.63, 3.8) is 0 Å². The first-order chi connectivity index (χ1) is 17.2. The van der Waals surface area contributed by atoms with Gasteiger partial charge in [0.25, 0.3) is 5.91 Å². The standard InChI is InChI=1S/C28H37N3O4/c32-27-21-31(19-23-8-3-1-4-9-23)20-25-24(28(33)30-18-22-12-16-34-17-13-22)10-7-11-26(25)35-15-6-2-5-14-29-27/h1,3-4,7-11,22H,2,5-6,12-21H2,(H,29,32)(H,30,33). The van der Waals surface area contributed by atoms with Crippen LogP contribution < -0.4 is 15.4 Å². The predicted molar refractivity (Wildman–Crippen MR) is 135 cm³/mol. The lowest BCUT2D eigenvalue weighted by Gasteiger charge is -2.25. The van der Waals surface area contributed by atoms with Gasteiger partial charge in [0.05, 0.1) is 13.2 Å². The molecule has 7 heteroatoms. The Labute approximate surface area is 208 Å². The number of fused-ring (bicyclic) bond motifs is 1. The summed E-state index contributed by atoms with van der Waals surface area (Å²) in [6.07, 6.45) is 4.75. The second kappa shape index (κ2) is 13.3. The second-order valence-corrected chi connectivity index (χ2v) is 9.44. The predicted octanol–water partition coefficient (Wildman–Crippen LogP) is 3.52. The van der Waals surface area contributed by atoms with E-state index in [0.717, 1.165) is 62.2 Å². The summed E-state index contributed by atoms with van der Waals surface area (Å²) in [6.45, 7) is 4.72. The molecule has 2 aromatic rings. The van der Waals surface area contributed by atoms with Gasteiger partial charge in [-0.15, -0.1) is 0 Å². The molecule has 1 saturated heterocycles. The molecule has 4 rings (SSSR count). The van der Waals surface area contributed by atoms with E-state index in [1.165, 1.54) is 0 Å². The third-order valence-corrected chi connectivity index (χ3v) is 6.67. The number of nitrogens with one attached hydrogen (secondary N) is 2. The summed E-state index contributed by atoms with van der Waals surface area (Å²) in [4.78, 5) is 28.1. The molecule has 0 radical (unpaired) electrons. The maximum Gasteiger partial charge on any atom is 0.251 e.